The maximum Gasteiger partial charge on any atom is 0.573 e. The number of nitrogens with zero attached hydrogens (tertiary/aromatic N) is 3. The van der Waals surface area contributed by atoms with E-state index >= 15 is 0 Å². The van der Waals surface area contributed by atoms with Gasteiger partial charge in [0.05, 0.1) is 29.0 Å². The van der Waals surface area contributed by atoms with E-state index in [4.69, 9.17) is 0 Å². The molecule has 1 N–H and O–H groups in total. The van der Waals surface area contributed by atoms with Gasteiger partial charge < -0.3 is 9.64 Å². The number of carbonyl (C=O) groups excluding carboxylic acids is 2. The third-order valence-corrected chi connectivity index (χ3v) is 7.07. The molecule has 0 radical (unpaired) electrons. The first-order valence-electron chi connectivity index (χ1n) is 10.8. The Morgan fingerprint density at radius 2 is 1.65 bits per heavy atom. The molecule has 2 aromatic carbocycles. The molecule has 4 rings (SSSR count). The number of aromatic nitrogens is 1. The zero-order valence-electron chi connectivity index (χ0n) is 19.6. The summed E-state index contributed by atoms with van der Waals surface area (Å²) >= 11 is 0. The number of ether oxygens (including phenoxy) is 1. The highest BCUT2D eigenvalue weighted by atomic mass is 32.2. The average Bonchev–Trinajstić information content (AvgIpc) is 2.99. The fraction of sp³-hybridized carbons (Fsp3) is 0.208. The molecular formula is C24H21F3N4O5S. The van der Waals surface area contributed by atoms with Crippen LogP contribution in [0.5, 0.6) is 5.75 Å². The predicted molar refractivity (Wildman–Crippen MR) is 127 cm³/mol. The molecular weight excluding hydrogens is 513 g/mol. The van der Waals surface area contributed by atoms with E-state index in [1.54, 1.807) is 18.2 Å². The average molecular weight is 535 g/mol. The first-order chi connectivity index (χ1) is 17.3. The second-order valence-electron chi connectivity index (χ2n) is 8.56. The molecule has 0 saturated carbocycles. The number of imide groups is 1. The fourth-order valence-corrected chi connectivity index (χ4v) is 4.86. The minimum Gasteiger partial charge on any atom is -0.406 e. The third kappa shape index (κ3) is 5.35. The Balaban J connectivity index is 1.60. The van der Waals surface area contributed by atoms with Gasteiger partial charge >= 0.3 is 12.4 Å². The maximum atomic E-state index is 13.3. The number of hydrogen-bond donors (Lipinski definition) is 1. The molecule has 3 amide bonds. The van der Waals surface area contributed by atoms with E-state index in [1.165, 1.54) is 61.5 Å². The van der Waals surface area contributed by atoms with Gasteiger partial charge in [0.1, 0.15) is 11.3 Å². The molecule has 1 saturated heterocycles. The van der Waals surface area contributed by atoms with Gasteiger partial charge in [-0.3, -0.25) is 14.5 Å². The molecule has 0 bridgehead atoms. The number of amides is 3. The molecule has 13 heteroatoms. The Morgan fingerprint density at radius 3 is 2.27 bits per heavy atom. The Morgan fingerprint density at radius 1 is 1.00 bits per heavy atom. The van der Waals surface area contributed by atoms with Crippen LogP contribution in [0.4, 0.5) is 29.3 Å². The van der Waals surface area contributed by atoms with E-state index in [-0.39, 0.29) is 22.8 Å². The van der Waals surface area contributed by atoms with Crippen molar-refractivity contribution >= 4 is 33.3 Å². The van der Waals surface area contributed by atoms with Crippen molar-refractivity contribution in [3.05, 3.63) is 78.6 Å². The molecule has 9 nitrogen and oxygen atoms in total. The van der Waals surface area contributed by atoms with Gasteiger partial charge in [-0.15, -0.1) is 13.2 Å². The summed E-state index contributed by atoms with van der Waals surface area (Å²) in [5.41, 5.74) is -0.800. The number of hydrogen-bond acceptors (Lipinski definition) is 6. The Bertz CT molecular complexity index is 1430. The summed E-state index contributed by atoms with van der Waals surface area (Å²) in [5.74, 6) is -1.11. The van der Waals surface area contributed by atoms with Crippen LogP contribution < -0.4 is 14.4 Å². The molecule has 194 valence electrons. The summed E-state index contributed by atoms with van der Waals surface area (Å²) in [5, 5.41) is 0. The van der Waals surface area contributed by atoms with E-state index in [0.29, 0.717) is 5.56 Å². The van der Waals surface area contributed by atoms with E-state index in [9.17, 15) is 31.2 Å². The van der Waals surface area contributed by atoms with Gasteiger partial charge in [-0.05, 0) is 61.9 Å². The minimum atomic E-state index is -4.89. The third-order valence-electron chi connectivity index (χ3n) is 5.69. The van der Waals surface area contributed by atoms with Crippen LogP contribution in [0, 0.1) is 0 Å². The van der Waals surface area contributed by atoms with Gasteiger partial charge in [0, 0.05) is 6.20 Å². The summed E-state index contributed by atoms with van der Waals surface area (Å²) in [6.07, 6.45) is -2.17. The van der Waals surface area contributed by atoms with Gasteiger partial charge in [-0.2, -0.15) is 0 Å². The summed E-state index contributed by atoms with van der Waals surface area (Å²) < 4.78 is 69.3. The van der Waals surface area contributed by atoms with Crippen LogP contribution in [0.3, 0.4) is 0 Å². The summed E-state index contributed by atoms with van der Waals surface area (Å²) in [6, 6.07) is 12.8. The molecule has 0 unspecified atom stereocenters. The van der Waals surface area contributed by atoms with E-state index in [1.807, 2.05) is 0 Å². The van der Waals surface area contributed by atoms with Crippen LogP contribution in [-0.2, 0) is 21.4 Å². The van der Waals surface area contributed by atoms with Gasteiger partial charge in [0.2, 0.25) is 0 Å². The second kappa shape index (κ2) is 9.39. The van der Waals surface area contributed by atoms with E-state index in [0.717, 1.165) is 17.0 Å². The largest absolute Gasteiger partial charge is 0.573 e. The molecule has 2 heterocycles. The molecule has 0 aliphatic carbocycles. The number of rotatable bonds is 7. The van der Waals surface area contributed by atoms with Gasteiger partial charge in [-0.1, -0.05) is 18.2 Å². The number of carbonyl (C=O) groups is 2. The van der Waals surface area contributed by atoms with Crippen molar-refractivity contribution in [2.45, 2.75) is 37.2 Å². The summed E-state index contributed by atoms with van der Waals surface area (Å²) in [4.78, 5) is 32.6. The molecule has 3 aromatic rings. The molecule has 0 spiro atoms. The topological polar surface area (TPSA) is 109 Å². The van der Waals surface area contributed by atoms with Crippen molar-refractivity contribution in [1.29, 1.82) is 0 Å². The smallest absolute Gasteiger partial charge is 0.406 e. The standard InChI is InChI=1S/C24H21F3N4O5S/c1-23(2)21(32)31(17-8-10-18(11-9-17)36-24(25,26)27)22(33)30(23)15-16-12-13-28-14-20(16)29-37(34,35)19-6-4-3-5-7-19/h3-14,29H,15H2,1-2H3. The Kier molecular flexibility index (Phi) is 6.59. The lowest BCUT2D eigenvalue weighted by Crippen LogP contribution is -2.43. The van der Waals surface area contributed by atoms with Crippen molar-refractivity contribution in [3.8, 4) is 5.75 Å². The molecule has 37 heavy (non-hydrogen) atoms. The maximum absolute atomic E-state index is 13.3. The van der Waals surface area contributed by atoms with Gasteiger partial charge in [0.15, 0.2) is 0 Å². The van der Waals surface area contributed by atoms with Crippen LogP contribution in [0.25, 0.3) is 0 Å². The van der Waals surface area contributed by atoms with Crippen LogP contribution in [0.15, 0.2) is 78.0 Å². The number of anilines is 2. The summed E-state index contributed by atoms with van der Waals surface area (Å²) in [7, 11) is -3.96. The van der Waals surface area contributed by atoms with Gasteiger partial charge in [-0.25, -0.2) is 18.1 Å². The number of sulfonamides is 1. The van der Waals surface area contributed by atoms with Crippen molar-refractivity contribution in [3.63, 3.8) is 0 Å². The van der Waals surface area contributed by atoms with Crippen LogP contribution >= 0.6 is 0 Å². The molecule has 1 aromatic heterocycles. The lowest BCUT2D eigenvalue weighted by Gasteiger charge is -2.28. The van der Waals surface area contributed by atoms with Crippen molar-refractivity contribution in [1.82, 2.24) is 9.88 Å². The Hall–Kier alpha value is -4.13. The number of urea groups is 1. The zero-order chi connectivity index (χ0) is 27.0. The second-order valence-corrected chi connectivity index (χ2v) is 10.2. The van der Waals surface area contributed by atoms with Crippen LogP contribution in [-0.4, -0.2) is 42.1 Å². The monoisotopic (exact) mass is 534 g/mol. The number of halogens is 3. The molecule has 1 fully saturated rings. The fourth-order valence-electron chi connectivity index (χ4n) is 3.75. The first kappa shape index (κ1) is 25.9. The number of benzene rings is 2. The minimum absolute atomic E-state index is 0.0293. The highest BCUT2D eigenvalue weighted by Crippen LogP contribution is 2.35. The highest BCUT2D eigenvalue weighted by molar-refractivity contribution is 7.92. The van der Waals surface area contributed by atoms with Crippen LogP contribution in [0.1, 0.15) is 19.4 Å². The SMILES string of the molecule is CC1(C)C(=O)N(c2ccc(OC(F)(F)F)cc2)C(=O)N1Cc1ccncc1NS(=O)(=O)c1ccccc1. The summed E-state index contributed by atoms with van der Waals surface area (Å²) in [6.45, 7) is 2.88. The van der Waals surface area contributed by atoms with Crippen LogP contribution in [0.2, 0.25) is 0 Å². The highest BCUT2D eigenvalue weighted by Gasteiger charge is 2.52. The zero-order valence-corrected chi connectivity index (χ0v) is 20.4. The number of nitrogens with one attached hydrogen (secondary N) is 1. The molecule has 0 atom stereocenters. The number of alkyl halides is 3. The lowest BCUT2D eigenvalue weighted by atomic mass is 10.0. The molecule has 1 aliphatic heterocycles. The van der Waals surface area contributed by atoms with Gasteiger partial charge in [0.25, 0.3) is 15.9 Å². The predicted octanol–water partition coefficient (Wildman–Crippen LogP) is 4.53. The van der Waals surface area contributed by atoms with Crippen molar-refractivity contribution in [2.75, 3.05) is 9.62 Å². The lowest BCUT2D eigenvalue weighted by molar-refractivity contribution is -0.274. The first-order valence-corrected chi connectivity index (χ1v) is 12.3. The normalized spacial score (nSPS) is 15.7. The molecule has 1 aliphatic rings. The number of pyridine rings is 1. The van der Waals surface area contributed by atoms with E-state index in [2.05, 4.69) is 14.4 Å². The van der Waals surface area contributed by atoms with Crippen molar-refractivity contribution in [2.24, 2.45) is 0 Å². The van der Waals surface area contributed by atoms with E-state index < -0.39 is 39.6 Å². The quantitative estimate of drug-likeness (QED) is 0.446. The van der Waals surface area contributed by atoms with Crippen molar-refractivity contribution < 1.29 is 35.9 Å². The Labute approximate surface area is 210 Å².